The molecule has 1 aliphatic heterocycles. The van der Waals surface area contributed by atoms with E-state index in [1.54, 1.807) is 39.6 Å². The van der Waals surface area contributed by atoms with Gasteiger partial charge in [0.15, 0.2) is 5.65 Å². The Balaban J connectivity index is 1.76. The number of hydrogen-bond acceptors (Lipinski definition) is 4. The van der Waals surface area contributed by atoms with Crippen molar-refractivity contribution in [2.75, 3.05) is 19.6 Å². The molecule has 33 heavy (non-hydrogen) atoms. The Hall–Kier alpha value is -3.29. The molecule has 3 aromatic rings. The molecule has 1 aliphatic rings. The van der Waals surface area contributed by atoms with Gasteiger partial charge in [0, 0.05) is 37.7 Å². The van der Waals surface area contributed by atoms with Gasteiger partial charge in [-0.3, -0.25) is 9.59 Å². The summed E-state index contributed by atoms with van der Waals surface area (Å²) in [7, 11) is 0. The molecule has 3 heterocycles. The number of halogens is 1. The molecular formula is C25H30FN5O2. The number of imidazole rings is 1. The van der Waals surface area contributed by atoms with Crippen LogP contribution in [-0.4, -0.2) is 61.4 Å². The lowest BCUT2D eigenvalue weighted by Crippen LogP contribution is -2.61. The van der Waals surface area contributed by atoms with E-state index in [0.717, 1.165) is 11.1 Å². The standard InChI is InChI=1S/C25H30FN5O2/c1-16(32)29-11-12-30(25(5,6)15-29)23(33)21-14-31-22(27-21)19(24(2,3)4)13-20(28-31)17-7-9-18(26)10-8-17/h7-10,13-14H,11-12,15H2,1-6H3. The molecule has 0 unspecified atom stereocenters. The number of fused-ring (bicyclic) bond motifs is 1. The molecule has 2 aromatic heterocycles. The molecule has 4 rings (SSSR count). The second kappa shape index (κ2) is 7.93. The van der Waals surface area contributed by atoms with Crippen LogP contribution >= 0.6 is 0 Å². The van der Waals surface area contributed by atoms with Crippen molar-refractivity contribution in [2.45, 2.75) is 52.5 Å². The lowest BCUT2D eigenvalue weighted by atomic mass is 9.87. The van der Waals surface area contributed by atoms with Gasteiger partial charge in [-0.15, -0.1) is 0 Å². The fraction of sp³-hybridized carbons (Fsp3) is 0.440. The van der Waals surface area contributed by atoms with E-state index in [1.807, 2.05) is 19.9 Å². The van der Waals surface area contributed by atoms with Crippen LogP contribution in [0.2, 0.25) is 0 Å². The Kier molecular flexibility index (Phi) is 5.50. The minimum Gasteiger partial charge on any atom is -0.339 e. The van der Waals surface area contributed by atoms with Gasteiger partial charge in [0.2, 0.25) is 5.91 Å². The van der Waals surface area contributed by atoms with Gasteiger partial charge in [0.1, 0.15) is 11.5 Å². The highest BCUT2D eigenvalue weighted by atomic mass is 19.1. The zero-order chi connectivity index (χ0) is 24.1. The van der Waals surface area contributed by atoms with Gasteiger partial charge in [-0.2, -0.15) is 5.10 Å². The van der Waals surface area contributed by atoms with Crippen molar-refractivity contribution in [3.63, 3.8) is 0 Å². The third-order valence-electron chi connectivity index (χ3n) is 6.18. The number of nitrogens with zero attached hydrogens (tertiary/aromatic N) is 5. The van der Waals surface area contributed by atoms with E-state index in [4.69, 9.17) is 4.98 Å². The monoisotopic (exact) mass is 451 g/mol. The van der Waals surface area contributed by atoms with Crippen LogP contribution < -0.4 is 0 Å². The first-order valence-electron chi connectivity index (χ1n) is 11.1. The van der Waals surface area contributed by atoms with Gasteiger partial charge in [-0.05, 0) is 49.6 Å². The first-order chi connectivity index (χ1) is 15.4. The zero-order valence-electron chi connectivity index (χ0n) is 20.0. The van der Waals surface area contributed by atoms with Gasteiger partial charge in [0.05, 0.1) is 17.4 Å². The quantitative estimate of drug-likeness (QED) is 0.592. The molecule has 8 heteroatoms. The van der Waals surface area contributed by atoms with Crippen LogP contribution in [0, 0.1) is 5.82 Å². The average Bonchev–Trinajstić information content (AvgIpc) is 3.15. The molecule has 0 atom stereocenters. The number of carbonyl (C=O) groups is 2. The zero-order valence-corrected chi connectivity index (χ0v) is 20.0. The summed E-state index contributed by atoms with van der Waals surface area (Å²) < 4.78 is 15.1. The second-order valence-corrected chi connectivity index (χ2v) is 10.3. The van der Waals surface area contributed by atoms with E-state index in [0.29, 0.717) is 36.7 Å². The summed E-state index contributed by atoms with van der Waals surface area (Å²) in [6, 6.07) is 8.15. The number of rotatable bonds is 2. The number of hydrogen-bond donors (Lipinski definition) is 0. The van der Waals surface area contributed by atoms with Crippen LogP contribution in [0.5, 0.6) is 0 Å². The predicted octanol–water partition coefficient (Wildman–Crippen LogP) is 3.92. The van der Waals surface area contributed by atoms with Crippen molar-refractivity contribution in [1.29, 1.82) is 0 Å². The smallest absolute Gasteiger partial charge is 0.274 e. The summed E-state index contributed by atoms with van der Waals surface area (Å²) in [5, 5.41) is 4.68. The SMILES string of the molecule is CC(=O)N1CCN(C(=O)c2cn3nc(-c4ccc(F)cc4)cc(C(C)(C)C)c3n2)C(C)(C)C1. The molecule has 0 spiro atoms. The molecule has 0 N–H and O–H groups in total. The average molecular weight is 452 g/mol. The summed E-state index contributed by atoms with van der Waals surface area (Å²) in [5.74, 6) is -0.481. The Morgan fingerprint density at radius 2 is 1.76 bits per heavy atom. The van der Waals surface area contributed by atoms with Crippen LogP contribution in [0.25, 0.3) is 16.9 Å². The number of piperazine rings is 1. The third-order valence-corrected chi connectivity index (χ3v) is 6.18. The van der Waals surface area contributed by atoms with Gasteiger partial charge in [-0.25, -0.2) is 13.9 Å². The molecular weight excluding hydrogens is 421 g/mol. The van der Waals surface area contributed by atoms with Crippen LogP contribution in [0.15, 0.2) is 36.5 Å². The Labute approximate surface area is 193 Å². The van der Waals surface area contributed by atoms with Crippen molar-refractivity contribution in [3.8, 4) is 11.3 Å². The lowest BCUT2D eigenvalue weighted by Gasteiger charge is -2.46. The van der Waals surface area contributed by atoms with Crippen LogP contribution in [0.1, 0.15) is 57.6 Å². The van der Waals surface area contributed by atoms with E-state index in [2.05, 4.69) is 25.9 Å². The normalized spacial score (nSPS) is 16.3. The summed E-state index contributed by atoms with van der Waals surface area (Å²) in [6.45, 7) is 13.1. The van der Waals surface area contributed by atoms with Gasteiger partial charge >= 0.3 is 0 Å². The molecule has 0 aliphatic carbocycles. The molecule has 0 bridgehead atoms. The first kappa shape index (κ1) is 22.9. The van der Waals surface area contributed by atoms with Crippen LogP contribution in [-0.2, 0) is 10.2 Å². The van der Waals surface area contributed by atoms with E-state index in [1.165, 1.54) is 12.1 Å². The first-order valence-corrected chi connectivity index (χ1v) is 11.1. The van der Waals surface area contributed by atoms with Crippen molar-refractivity contribution >= 4 is 17.5 Å². The highest BCUT2D eigenvalue weighted by Crippen LogP contribution is 2.31. The molecule has 2 amide bonds. The molecule has 0 saturated carbocycles. The van der Waals surface area contributed by atoms with Crippen LogP contribution in [0.4, 0.5) is 4.39 Å². The minimum absolute atomic E-state index is 0.00949. The molecule has 1 fully saturated rings. The van der Waals surface area contributed by atoms with Crippen LogP contribution in [0.3, 0.4) is 0 Å². The predicted molar refractivity (Wildman–Crippen MR) is 124 cm³/mol. The number of benzene rings is 1. The molecule has 174 valence electrons. The number of aromatic nitrogens is 3. The highest BCUT2D eigenvalue weighted by molar-refractivity contribution is 5.94. The van der Waals surface area contributed by atoms with Crippen molar-refractivity contribution < 1.29 is 14.0 Å². The molecule has 0 radical (unpaired) electrons. The maximum absolute atomic E-state index is 13.5. The highest BCUT2D eigenvalue weighted by Gasteiger charge is 2.39. The third kappa shape index (κ3) is 4.34. The van der Waals surface area contributed by atoms with E-state index >= 15 is 0 Å². The lowest BCUT2D eigenvalue weighted by molar-refractivity contribution is -0.133. The van der Waals surface area contributed by atoms with Gasteiger partial charge < -0.3 is 9.80 Å². The Bertz CT molecular complexity index is 1220. The maximum atomic E-state index is 13.5. The van der Waals surface area contributed by atoms with Crippen molar-refractivity contribution in [1.82, 2.24) is 24.4 Å². The van der Waals surface area contributed by atoms with Gasteiger partial charge in [0.25, 0.3) is 5.91 Å². The van der Waals surface area contributed by atoms with E-state index in [-0.39, 0.29) is 23.0 Å². The summed E-state index contributed by atoms with van der Waals surface area (Å²) >= 11 is 0. The molecule has 1 saturated heterocycles. The Morgan fingerprint density at radius 3 is 2.33 bits per heavy atom. The Morgan fingerprint density at radius 1 is 1.09 bits per heavy atom. The fourth-order valence-corrected chi connectivity index (χ4v) is 4.33. The summed E-state index contributed by atoms with van der Waals surface area (Å²) in [4.78, 5) is 33.6. The van der Waals surface area contributed by atoms with Crippen molar-refractivity contribution in [2.24, 2.45) is 0 Å². The summed E-state index contributed by atoms with van der Waals surface area (Å²) in [6.07, 6.45) is 1.66. The minimum atomic E-state index is -0.517. The largest absolute Gasteiger partial charge is 0.339 e. The molecule has 7 nitrogen and oxygen atoms in total. The number of amides is 2. The van der Waals surface area contributed by atoms with E-state index in [9.17, 15) is 14.0 Å². The number of carbonyl (C=O) groups excluding carboxylic acids is 2. The topological polar surface area (TPSA) is 70.8 Å². The summed E-state index contributed by atoms with van der Waals surface area (Å²) in [5.41, 5.74) is 2.57. The van der Waals surface area contributed by atoms with Crippen molar-refractivity contribution in [3.05, 3.63) is 53.6 Å². The van der Waals surface area contributed by atoms with Gasteiger partial charge in [-0.1, -0.05) is 20.8 Å². The van der Waals surface area contributed by atoms with E-state index < -0.39 is 5.54 Å². The second-order valence-electron chi connectivity index (χ2n) is 10.3. The molecule has 1 aromatic carbocycles. The maximum Gasteiger partial charge on any atom is 0.274 e. The fourth-order valence-electron chi connectivity index (χ4n) is 4.33.